The van der Waals surface area contributed by atoms with Crippen LogP contribution in [0.4, 0.5) is 5.69 Å². The summed E-state index contributed by atoms with van der Waals surface area (Å²) in [5.74, 6) is -0.556. The summed E-state index contributed by atoms with van der Waals surface area (Å²) in [5.41, 5.74) is 2.22. The van der Waals surface area contributed by atoms with Gasteiger partial charge in [0.15, 0.2) is 0 Å². The molecule has 1 fully saturated rings. The molecule has 3 aromatic rings. The van der Waals surface area contributed by atoms with E-state index in [2.05, 4.69) is 9.71 Å². The molecule has 4 rings (SSSR count). The van der Waals surface area contributed by atoms with Crippen LogP contribution >= 0.6 is 0 Å². The van der Waals surface area contributed by atoms with Crippen LogP contribution in [0.1, 0.15) is 18.4 Å². The van der Waals surface area contributed by atoms with Crippen LogP contribution in [0.3, 0.4) is 0 Å². The predicted molar refractivity (Wildman–Crippen MR) is 112 cm³/mol. The molecule has 0 unspecified atom stereocenters. The summed E-state index contributed by atoms with van der Waals surface area (Å²) >= 11 is 0. The molecule has 0 saturated carbocycles. The fraction of sp³-hybridized carbons (Fsp3) is 0.238. The Balaban J connectivity index is 1.56. The molecular formula is C21H21N3O5S. The number of methoxy groups -OCH3 is 1. The van der Waals surface area contributed by atoms with E-state index in [0.717, 1.165) is 21.4 Å². The highest BCUT2D eigenvalue weighted by Crippen LogP contribution is 2.31. The van der Waals surface area contributed by atoms with Crippen molar-refractivity contribution in [2.45, 2.75) is 24.2 Å². The minimum absolute atomic E-state index is 0.117. The summed E-state index contributed by atoms with van der Waals surface area (Å²) in [4.78, 5) is 28.1. The number of anilines is 1. The second-order valence-corrected chi connectivity index (χ2v) is 8.70. The third kappa shape index (κ3) is 3.69. The van der Waals surface area contributed by atoms with Crippen LogP contribution in [0.5, 0.6) is 5.75 Å². The second-order valence-electron chi connectivity index (χ2n) is 6.97. The predicted octanol–water partition coefficient (Wildman–Crippen LogP) is 2.35. The fourth-order valence-corrected chi connectivity index (χ4v) is 4.83. The van der Waals surface area contributed by atoms with Gasteiger partial charge in [0, 0.05) is 36.5 Å². The van der Waals surface area contributed by atoms with Crippen LogP contribution in [0.25, 0.3) is 10.9 Å². The SMILES string of the molecule is COc1ccc(N2C(=O)CCC2=O)cc1S(=O)(=O)NCCc1c[nH]c2ccccc12. The van der Waals surface area contributed by atoms with Crippen molar-refractivity contribution >= 4 is 38.4 Å². The molecule has 1 saturated heterocycles. The number of aromatic amines is 1. The molecule has 0 bridgehead atoms. The van der Waals surface area contributed by atoms with Crippen molar-refractivity contribution < 1.29 is 22.7 Å². The zero-order valence-electron chi connectivity index (χ0n) is 16.3. The summed E-state index contributed by atoms with van der Waals surface area (Å²) in [6.07, 6.45) is 2.60. The zero-order valence-corrected chi connectivity index (χ0v) is 17.2. The number of hydrogen-bond acceptors (Lipinski definition) is 5. The number of rotatable bonds is 7. The molecule has 2 aromatic carbocycles. The van der Waals surface area contributed by atoms with Gasteiger partial charge in [-0.05, 0) is 36.2 Å². The number of carbonyl (C=O) groups is 2. The summed E-state index contributed by atoms with van der Waals surface area (Å²) in [7, 11) is -2.56. The number of amides is 2. The highest BCUT2D eigenvalue weighted by molar-refractivity contribution is 7.89. The summed E-state index contributed by atoms with van der Waals surface area (Å²) in [6, 6.07) is 12.1. The quantitative estimate of drug-likeness (QED) is 0.563. The van der Waals surface area contributed by atoms with Gasteiger partial charge in [-0.15, -0.1) is 0 Å². The first-order valence-electron chi connectivity index (χ1n) is 9.49. The van der Waals surface area contributed by atoms with E-state index in [4.69, 9.17) is 4.74 Å². The van der Waals surface area contributed by atoms with E-state index in [0.29, 0.717) is 6.42 Å². The van der Waals surface area contributed by atoms with Crippen molar-refractivity contribution in [1.82, 2.24) is 9.71 Å². The van der Waals surface area contributed by atoms with E-state index in [9.17, 15) is 18.0 Å². The largest absolute Gasteiger partial charge is 0.495 e. The molecule has 8 nitrogen and oxygen atoms in total. The number of H-pyrrole nitrogens is 1. The third-order valence-electron chi connectivity index (χ3n) is 5.11. The van der Waals surface area contributed by atoms with Gasteiger partial charge in [-0.2, -0.15) is 0 Å². The second kappa shape index (κ2) is 7.92. The Labute approximate surface area is 173 Å². The van der Waals surface area contributed by atoms with E-state index in [1.165, 1.54) is 25.3 Å². The third-order valence-corrected chi connectivity index (χ3v) is 6.59. The van der Waals surface area contributed by atoms with E-state index < -0.39 is 10.0 Å². The molecule has 0 aliphatic carbocycles. The van der Waals surface area contributed by atoms with Gasteiger partial charge in [0.2, 0.25) is 21.8 Å². The van der Waals surface area contributed by atoms with Gasteiger partial charge >= 0.3 is 0 Å². The molecule has 2 N–H and O–H groups in total. The average molecular weight is 427 g/mol. The number of nitrogens with zero attached hydrogens (tertiary/aromatic N) is 1. The molecule has 156 valence electrons. The van der Waals surface area contributed by atoms with Crippen LogP contribution < -0.4 is 14.4 Å². The standard InChI is InChI=1S/C21H21N3O5S/c1-29-18-7-6-15(24-20(25)8-9-21(24)26)12-19(18)30(27,28)23-11-10-14-13-22-17-5-3-2-4-16(14)17/h2-7,12-13,22-23H,8-11H2,1H3. The first kappa shape index (κ1) is 20.1. The maximum absolute atomic E-state index is 12.9. The van der Waals surface area contributed by atoms with Gasteiger partial charge in [0.25, 0.3) is 0 Å². The molecular weight excluding hydrogens is 406 g/mol. The number of para-hydroxylation sites is 1. The zero-order chi connectivity index (χ0) is 21.3. The van der Waals surface area contributed by atoms with Crippen LogP contribution in [0, 0.1) is 0 Å². The normalized spacial score (nSPS) is 14.6. The van der Waals surface area contributed by atoms with Gasteiger partial charge < -0.3 is 9.72 Å². The lowest BCUT2D eigenvalue weighted by Gasteiger charge is -2.17. The van der Waals surface area contributed by atoms with Crippen molar-refractivity contribution in [3.05, 3.63) is 54.2 Å². The van der Waals surface area contributed by atoms with Crippen LogP contribution in [0.15, 0.2) is 53.6 Å². The van der Waals surface area contributed by atoms with Crippen molar-refractivity contribution in [2.24, 2.45) is 0 Å². The lowest BCUT2D eigenvalue weighted by Crippen LogP contribution is -2.30. The molecule has 1 aliphatic heterocycles. The highest BCUT2D eigenvalue weighted by atomic mass is 32.2. The van der Waals surface area contributed by atoms with Gasteiger partial charge in [0.1, 0.15) is 10.6 Å². The average Bonchev–Trinajstić information content (AvgIpc) is 3.30. The van der Waals surface area contributed by atoms with Crippen molar-refractivity contribution in [2.75, 3.05) is 18.6 Å². The molecule has 1 aliphatic rings. The van der Waals surface area contributed by atoms with Crippen LogP contribution in [-0.2, 0) is 26.0 Å². The lowest BCUT2D eigenvalue weighted by molar-refractivity contribution is -0.121. The van der Waals surface area contributed by atoms with Gasteiger partial charge in [-0.1, -0.05) is 18.2 Å². The van der Waals surface area contributed by atoms with Crippen molar-refractivity contribution in [3.63, 3.8) is 0 Å². The fourth-order valence-electron chi connectivity index (χ4n) is 3.62. The van der Waals surface area contributed by atoms with E-state index >= 15 is 0 Å². The number of benzene rings is 2. The van der Waals surface area contributed by atoms with Crippen LogP contribution in [0.2, 0.25) is 0 Å². The highest BCUT2D eigenvalue weighted by Gasteiger charge is 2.32. The first-order valence-corrected chi connectivity index (χ1v) is 11.0. The van der Waals surface area contributed by atoms with Gasteiger partial charge in [-0.3, -0.25) is 14.5 Å². The number of carbonyl (C=O) groups excluding carboxylic acids is 2. The number of fused-ring (bicyclic) bond motifs is 1. The van der Waals surface area contributed by atoms with E-state index in [-0.39, 0.29) is 47.5 Å². The summed E-state index contributed by atoms with van der Waals surface area (Å²) < 4.78 is 33.7. The Hall–Kier alpha value is -3.17. The number of aromatic nitrogens is 1. The maximum Gasteiger partial charge on any atom is 0.244 e. The lowest BCUT2D eigenvalue weighted by atomic mass is 10.1. The molecule has 1 aromatic heterocycles. The molecule has 2 amide bonds. The Morgan fingerprint density at radius 1 is 1.10 bits per heavy atom. The number of ether oxygens (including phenoxy) is 1. The Bertz CT molecular complexity index is 1220. The smallest absolute Gasteiger partial charge is 0.244 e. The summed E-state index contributed by atoms with van der Waals surface area (Å²) in [6.45, 7) is 0.180. The van der Waals surface area contributed by atoms with Crippen LogP contribution in [-0.4, -0.2) is 38.9 Å². The van der Waals surface area contributed by atoms with Crippen molar-refractivity contribution in [1.29, 1.82) is 0 Å². The number of imide groups is 1. The topological polar surface area (TPSA) is 109 Å². The minimum Gasteiger partial charge on any atom is -0.495 e. The van der Waals surface area contributed by atoms with Gasteiger partial charge in [0.05, 0.1) is 12.8 Å². The number of sulfonamides is 1. The molecule has 2 heterocycles. The van der Waals surface area contributed by atoms with E-state index in [1.807, 2.05) is 30.5 Å². The number of nitrogens with one attached hydrogen (secondary N) is 2. The summed E-state index contributed by atoms with van der Waals surface area (Å²) in [5, 5.41) is 1.04. The van der Waals surface area contributed by atoms with Gasteiger partial charge in [-0.25, -0.2) is 13.1 Å². The maximum atomic E-state index is 12.9. The Kier molecular flexibility index (Phi) is 5.31. The number of hydrogen-bond donors (Lipinski definition) is 2. The molecule has 0 radical (unpaired) electrons. The molecule has 0 spiro atoms. The first-order chi connectivity index (χ1) is 14.4. The molecule has 9 heteroatoms. The Morgan fingerprint density at radius 2 is 1.83 bits per heavy atom. The van der Waals surface area contributed by atoms with Crippen molar-refractivity contribution in [3.8, 4) is 5.75 Å². The molecule has 0 atom stereocenters. The minimum atomic E-state index is -3.93. The monoisotopic (exact) mass is 427 g/mol. The Morgan fingerprint density at radius 3 is 2.57 bits per heavy atom. The molecule has 30 heavy (non-hydrogen) atoms. The van der Waals surface area contributed by atoms with E-state index in [1.54, 1.807) is 0 Å².